The molecule has 0 saturated carbocycles. The van der Waals surface area contributed by atoms with Crippen LogP contribution >= 0.6 is 0 Å². The van der Waals surface area contributed by atoms with Crippen LogP contribution in [-0.4, -0.2) is 25.1 Å². The van der Waals surface area contributed by atoms with Gasteiger partial charge in [0.2, 0.25) is 5.91 Å². The first kappa shape index (κ1) is 15.4. The molecule has 116 valence electrons. The van der Waals surface area contributed by atoms with Gasteiger partial charge >= 0.3 is 0 Å². The number of hydrogen-bond donors (Lipinski definition) is 2. The van der Waals surface area contributed by atoms with Crippen molar-refractivity contribution in [2.45, 2.75) is 32.7 Å². The number of amides is 1. The summed E-state index contributed by atoms with van der Waals surface area (Å²) in [6, 6.07) is 3.08. The van der Waals surface area contributed by atoms with E-state index in [-0.39, 0.29) is 23.6 Å². The number of carbonyl (C=O) groups excluding carboxylic acids is 1. The number of piperidine rings is 1. The molecule has 5 nitrogen and oxygen atoms in total. The van der Waals surface area contributed by atoms with E-state index in [2.05, 4.69) is 6.92 Å². The van der Waals surface area contributed by atoms with Crippen LogP contribution in [-0.2, 0) is 4.79 Å². The first-order valence-corrected chi connectivity index (χ1v) is 7.21. The Morgan fingerprint density at radius 2 is 2.19 bits per heavy atom. The number of hydrogen-bond acceptors (Lipinski definition) is 4. The maximum atomic E-state index is 13.8. The number of carbonyl (C=O) groups is 1. The largest absolute Gasteiger partial charge is 0.491 e. The number of nitrogens with zero attached hydrogens (tertiary/aromatic N) is 1. The molecular weight excluding hydrogens is 273 g/mol. The van der Waals surface area contributed by atoms with Gasteiger partial charge in [-0.05, 0) is 26.7 Å². The maximum Gasteiger partial charge on any atom is 0.222 e. The number of benzene rings is 1. The van der Waals surface area contributed by atoms with Crippen LogP contribution in [0.3, 0.4) is 0 Å². The highest BCUT2D eigenvalue weighted by atomic mass is 19.1. The molecule has 0 aromatic heterocycles. The average Bonchev–Trinajstić information content (AvgIpc) is 2.42. The van der Waals surface area contributed by atoms with Crippen molar-refractivity contribution in [1.29, 1.82) is 0 Å². The Hall–Kier alpha value is -1.98. The smallest absolute Gasteiger partial charge is 0.222 e. The molecule has 0 spiro atoms. The van der Waals surface area contributed by atoms with E-state index in [0.29, 0.717) is 24.5 Å². The number of anilines is 2. The van der Waals surface area contributed by atoms with Gasteiger partial charge in [0.25, 0.3) is 0 Å². The van der Waals surface area contributed by atoms with Gasteiger partial charge in [-0.25, -0.2) is 4.39 Å². The highest BCUT2D eigenvalue weighted by Gasteiger charge is 2.30. The molecule has 0 radical (unpaired) electrons. The van der Waals surface area contributed by atoms with Gasteiger partial charge in [-0.15, -0.1) is 0 Å². The van der Waals surface area contributed by atoms with Crippen molar-refractivity contribution in [3.63, 3.8) is 0 Å². The predicted octanol–water partition coefficient (Wildman–Crippen LogP) is 1.90. The summed E-state index contributed by atoms with van der Waals surface area (Å²) in [5, 5.41) is 0. The molecule has 0 bridgehead atoms. The highest BCUT2D eigenvalue weighted by Crippen LogP contribution is 2.35. The van der Waals surface area contributed by atoms with E-state index in [4.69, 9.17) is 16.2 Å². The van der Waals surface area contributed by atoms with Crippen molar-refractivity contribution < 1.29 is 13.9 Å². The molecule has 6 heteroatoms. The Morgan fingerprint density at radius 3 is 2.81 bits per heavy atom. The standard InChI is InChI=1S/C15H22FN3O2/c1-3-21-14-7-13(12(17)6-11(14)16)19-8-10(15(18)20)5-4-9(19)2/h6-7,9-10H,3-5,8,17H2,1-2H3,(H2,18,20). The lowest BCUT2D eigenvalue weighted by molar-refractivity contribution is -0.122. The third-order valence-corrected chi connectivity index (χ3v) is 3.97. The van der Waals surface area contributed by atoms with E-state index in [0.717, 1.165) is 12.8 Å². The van der Waals surface area contributed by atoms with E-state index in [1.165, 1.54) is 6.07 Å². The second kappa shape index (κ2) is 6.20. The molecule has 4 N–H and O–H groups in total. The lowest BCUT2D eigenvalue weighted by atomic mass is 9.92. The van der Waals surface area contributed by atoms with Gasteiger partial charge in [0, 0.05) is 24.7 Å². The van der Waals surface area contributed by atoms with Crippen LogP contribution in [0.15, 0.2) is 12.1 Å². The molecule has 1 aromatic carbocycles. The van der Waals surface area contributed by atoms with Gasteiger partial charge in [-0.1, -0.05) is 0 Å². The SMILES string of the molecule is CCOc1cc(N2CC(C(N)=O)CCC2C)c(N)cc1F. The van der Waals surface area contributed by atoms with E-state index in [1.807, 2.05) is 4.90 Å². The summed E-state index contributed by atoms with van der Waals surface area (Å²) in [6.07, 6.45) is 1.61. The number of nitrogen functional groups attached to an aromatic ring is 1. The Labute approximate surface area is 124 Å². The van der Waals surface area contributed by atoms with Crippen LogP contribution in [0.25, 0.3) is 0 Å². The molecule has 2 rings (SSSR count). The van der Waals surface area contributed by atoms with Gasteiger partial charge in [0.15, 0.2) is 11.6 Å². The molecule has 1 saturated heterocycles. The Bertz CT molecular complexity index is 536. The number of rotatable bonds is 4. The summed E-state index contributed by atoms with van der Waals surface area (Å²) in [6.45, 7) is 4.72. The molecule has 0 aliphatic carbocycles. The fourth-order valence-electron chi connectivity index (χ4n) is 2.75. The molecule has 2 atom stereocenters. The minimum Gasteiger partial charge on any atom is -0.491 e. The first-order valence-electron chi connectivity index (χ1n) is 7.21. The molecule has 21 heavy (non-hydrogen) atoms. The van der Waals surface area contributed by atoms with Crippen LogP contribution in [0.5, 0.6) is 5.75 Å². The molecule has 1 fully saturated rings. The number of ether oxygens (including phenoxy) is 1. The van der Waals surface area contributed by atoms with Crippen molar-refractivity contribution in [2.75, 3.05) is 23.8 Å². The minimum atomic E-state index is -0.478. The molecule has 2 unspecified atom stereocenters. The van der Waals surface area contributed by atoms with Gasteiger partial charge in [0.1, 0.15) is 0 Å². The van der Waals surface area contributed by atoms with Crippen LogP contribution in [0, 0.1) is 11.7 Å². The summed E-state index contributed by atoms with van der Waals surface area (Å²) in [5.41, 5.74) is 12.4. The van der Waals surface area contributed by atoms with Crippen molar-refractivity contribution in [3.8, 4) is 5.75 Å². The van der Waals surface area contributed by atoms with Gasteiger partial charge in [0.05, 0.1) is 23.9 Å². The van der Waals surface area contributed by atoms with Gasteiger partial charge in [-0.2, -0.15) is 0 Å². The Balaban J connectivity index is 2.34. The van der Waals surface area contributed by atoms with Crippen LogP contribution in [0.4, 0.5) is 15.8 Å². The lowest BCUT2D eigenvalue weighted by Crippen LogP contribution is -2.46. The number of primary amides is 1. The summed E-state index contributed by atoms with van der Waals surface area (Å²) in [7, 11) is 0. The van der Waals surface area contributed by atoms with Crippen molar-refractivity contribution in [2.24, 2.45) is 11.7 Å². The topological polar surface area (TPSA) is 81.6 Å². The fraction of sp³-hybridized carbons (Fsp3) is 0.533. The van der Waals surface area contributed by atoms with Gasteiger partial charge < -0.3 is 21.1 Å². The van der Waals surface area contributed by atoms with Crippen molar-refractivity contribution in [1.82, 2.24) is 0 Å². The van der Waals surface area contributed by atoms with E-state index >= 15 is 0 Å². The highest BCUT2D eigenvalue weighted by molar-refractivity contribution is 5.79. The zero-order valence-electron chi connectivity index (χ0n) is 12.4. The molecule has 1 aromatic rings. The average molecular weight is 295 g/mol. The number of nitrogens with two attached hydrogens (primary N) is 2. The summed E-state index contributed by atoms with van der Waals surface area (Å²) in [5.74, 6) is -0.817. The molecular formula is C15H22FN3O2. The zero-order chi connectivity index (χ0) is 15.6. The molecule has 1 aliphatic rings. The van der Waals surface area contributed by atoms with E-state index in [1.54, 1.807) is 13.0 Å². The predicted molar refractivity (Wildman–Crippen MR) is 80.7 cm³/mol. The lowest BCUT2D eigenvalue weighted by Gasteiger charge is -2.39. The third-order valence-electron chi connectivity index (χ3n) is 3.97. The Morgan fingerprint density at radius 1 is 1.48 bits per heavy atom. The fourth-order valence-corrected chi connectivity index (χ4v) is 2.75. The quantitative estimate of drug-likeness (QED) is 0.831. The van der Waals surface area contributed by atoms with Crippen LogP contribution in [0.1, 0.15) is 26.7 Å². The third kappa shape index (κ3) is 3.20. The van der Waals surface area contributed by atoms with E-state index < -0.39 is 5.82 Å². The molecule has 1 aliphatic heterocycles. The maximum absolute atomic E-state index is 13.8. The second-order valence-electron chi connectivity index (χ2n) is 5.45. The van der Waals surface area contributed by atoms with Crippen LogP contribution in [0.2, 0.25) is 0 Å². The van der Waals surface area contributed by atoms with Crippen molar-refractivity contribution >= 4 is 17.3 Å². The monoisotopic (exact) mass is 295 g/mol. The normalized spacial score (nSPS) is 22.1. The van der Waals surface area contributed by atoms with Crippen LogP contribution < -0.4 is 21.1 Å². The summed E-state index contributed by atoms with van der Waals surface area (Å²) in [4.78, 5) is 13.4. The minimum absolute atomic E-state index is 0.176. The summed E-state index contributed by atoms with van der Waals surface area (Å²) < 4.78 is 19.1. The number of halogens is 1. The van der Waals surface area contributed by atoms with Gasteiger partial charge in [-0.3, -0.25) is 4.79 Å². The zero-order valence-corrected chi connectivity index (χ0v) is 12.4. The molecule has 1 heterocycles. The summed E-state index contributed by atoms with van der Waals surface area (Å²) >= 11 is 0. The molecule has 1 amide bonds. The van der Waals surface area contributed by atoms with Crippen molar-refractivity contribution in [3.05, 3.63) is 17.9 Å². The second-order valence-corrected chi connectivity index (χ2v) is 5.45. The Kier molecular flexibility index (Phi) is 4.55. The van der Waals surface area contributed by atoms with E-state index in [9.17, 15) is 9.18 Å². The first-order chi connectivity index (χ1) is 9.93.